The summed E-state index contributed by atoms with van der Waals surface area (Å²) >= 11 is 0. The van der Waals surface area contributed by atoms with Gasteiger partial charge in [0.05, 0.1) is 11.6 Å². The molecular weight excluding hydrogens is 366 g/mol. The van der Waals surface area contributed by atoms with Gasteiger partial charge in [-0.05, 0) is 68.5 Å². The third-order valence-electron chi connectivity index (χ3n) is 5.12. The molecule has 2 aromatic carbocycles. The lowest BCUT2D eigenvalue weighted by Gasteiger charge is -2.32. The number of hydrogen-bond acceptors (Lipinski definition) is 3. The van der Waals surface area contributed by atoms with Gasteiger partial charge in [-0.1, -0.05) is 43.2 Å². The Balaban J connectivity index is 1.89. The highest BCUT2D eigenvalue weighted by molar-refractivity contribution is 5.88. The van der Waals surface area contributed by atoms with E-state index >= 15 is 0 Å². The summed E-state index contributed by atoms with van der Waals surface area (Å²) in [6.07, 6.45) is 3.79. The highest BCUT2D eigenvalue weighted by Crippen LogP contribution is 2.33. The second-order valence-corrected chi connectivity index (χ2v) is 8.55. The molecule has 1 amide bonds. The minimum atomic E-state index is -0.934. The molecule has 1 N–H and O–H groups in total. The van der Waals surface area contributed by atoms with E-state index in [2.05, 4.69) is 12.1 Å². The van der Waals surface area contributed by atoms with Gasteiger partial charge in [-0.2, -0.15) is 0 Å². The van der Waals surface area contributed by atoms with E-state index in [-0.39, 0.29) is 17.7 Å². The van der Waals surface area contributed by atoms with Gasteiger partial charge in [-0.15, -0.1) is 0 Å². The minimum absolute atomic E-state index is 0.0226. The van der Waals surface area contributed by atoms with E-state index in [1.807, 2.05) is 49.9 Å². The maximum Gasteiger partial charge on any atom is 0.410 e. The molecule has 5 nitrogen and oxygen atoms in total. The zero-order valence-corrected chi connectivity index (χ0v) is 17.4. The average molecular weight is 395 g/mol. The van der Waals surface area contributed by atoms with E-state index in [9.17, 15) is 9.59 Å². The molecule has 0 aromatic heterocycles. The lowest BCUT2D eigenvalue weighted by molar-refractivity contribution is 0.0163. The van der Waals surface area contributed by atoms with E-state index < -0.39 is 11.6 Å². The minimum Gasteiger partial charge on any atom is -0.478 e. The van der Waals surface area contributed by atoms with Crippen molar-refractivity contribution in [1.82, 2.24) is 4.90 Å². The van der Waals surface area contributed by atoms with E-state index in [0.717, 1.165) is 42.4 Å². The second-order valence-electron chi connectivity index (χ2n) is 8.55. The molecule has 0 saturated carbocycles. The molecule has 1 aliphatic rings. The smallest absolute Gasteiger partial charge is 0.410 e. The number of ether oxygens (including phenoxy) is 1. The van der Waals surface area contributed by atoms with Crippen LogP contribution >= 0.6 is 0 Å². The molecule has 1 atom stereocenters. The van der Waals surface area contributed by atoms with Crippen LogP contribution in [0, 0.1) is 0 Å². The van der Waals surface area contributed by atoms with Gasteiger partial charge >= 0.3 is 12.1 Å². The van der Waals surface area contributed by atoms with Crippen LogP contribution in [0.1, 0.15) is 68.4 Å². The van der Waals surface area contributed by atoms with Gasteiger partial charge in [0, 0.05) is 6.54 Å². The van der Waals surface area contributed by atoms with E-state index in [0.29, 0.717) is 6.54 Å². The van der Waals surface area contributed by atoms with Crippen LogP contribution in [0.15, 0.2) is 48.5 Å². The molecule has 2 aromatic rings. The monoisotopic (exact) mass is 395 g/mol. The second kappa shape index (κ2) is 8.68. The van der Waals surface area contributed by atoms with Gasteiger partial charge in [0.2, 0.25) is 0 Å². The molecule has 1 saturated heterocycles. The van der Waals surface area contributed by atoms with Crippen LogP contribution < -0.4 is 0 Å². The molecular formula is C24H29NO4. The fourth-order valence-electron chi connectivity index (χ4n) is 3.72. The Bertz CT molecular complexity index is 867. The lowest BCUT2D eigenvalue weighted by Crippen LogP contribution is -2.39. The SMILES string of the molecule is CC(C)(C)OC(=O)N1CCCCC[C@H]1c1cccc(-c2ccc(C(=O)O)cc2)c1. The lowest BCUT2D eigenvalue weighted by atomic mass is 9.96. The number of amides is 1. The zero-order valence-electron chi connectivity index (χ0n) is 17.4. The quantitative estimate of drug-likeness (QED) is 0.702. The first-order chi connectivity index (χ1) is 13.7. The molecule has 154 valence electrons. The van der Waals surface area contributed by atoms with Crippen molar-refractivity contribution < 1.29 is 19.4 Å². The predicted molar refractivity (Wildman–Crippen MR) is 113 cm³/mol. The van der Waals surface area contributed by atoms with Crippen LogP contribution in [0.25, 0.3) is 11.1 Å². The van der Waals surface area contributed by atoms with Crippen molar-refractivity contribution in [1.29, 1.82) is 0 Å². The molecule has 3 rings (SSSR count). The summed E-state index contributed by atoms with van der Waals surface area (Å²) in [6, 6.07) is 15.0. The number of aromatic carboxylic acids is 1. The Morgan fingerprint density at radius 2 is 1.72 bits per heavy atom. The van der Waals surface area contributed by atoms with Gasteiger partial charge in [-0.3, -0.25) is 0 Å². The number of benzene rings is 2. The number of carbonyl (C=O) groups is 2. The van der Waals surface area contributed by atoms with Gasteiger partial charge in [0.25, 0.3) is 0 Å². The Morgan fingerprint density at radius 3 is 2.38 bits per heavy atom. The van der Waals surface area contributed by atoms with E-state index in [1.165, 1.54) is 0 Å². The number of likely N-dealkylation sites (tertiary alicyclic amines) is 1. The summed E-state index contributed by atoms with van der Waals surface area (Å²) in [4.78, 5) is 25.8. The Hall–Kier alpha value is -2.82. The van der Waals surface area contributed by atoms with Crippen molar-refractivity contribution in [2.45, 2.75) is 58.1 Å². The Labute approximate surface area is 172 Å². The van der Waals surface area contributed by atoms with Crippen molar-refractivity contribution in [3.63, 3.8) is 0 Å². The first-order valence-corrected chi connectivity index (χ1v) is 10.2. The molecule has 29 heavy (non-hydrogen) atoms. The van der Waals surface area contributed by atoms with Crippen LogP contribution in [-0.2, 0) is 4.74 Å². The Kier molecular flexibility index (Phi) is 6.26. The highest BCUT2D eigenvalue weighted by Gasteiger charge is 2.30. The van der Waals surface area contributed by atoms with Crippen LogP contribution in [-0.4, -0.2) is 34.2 Å². The number of carboxylic acids is 1. The van der Waals surface area contributed by atoms with E-state index in [4.69, 9.17) is 9.84 Å². The van der Waals surface area contributed by atoms with Crippen LogP contribution in [0.3, 0.4) is 0 Å². The zero-order chi connectivity index (χ0) is 21.0. The summed E-state index contributed by atoms with van der Waals surface area (Å²) in [5, 5.41) is 9.10. The van der Waals surface area contributed by atoms with Crippen LogP contribution in [0.2, 0.25) is 0 Å². The first-order valence-electron chi connectivity index (χ1n) is 10.2. The summed E-state index contributed by atoms with van der Waals surface area (Å²) in [5.74, 6) is -0.934. The van der Waals surface area contributed by atoms with Crippen molar-refractivity contribution in [2.24, 2.45) is 0 Å². The maximum atomic E-state index is 12.9. The van der Waals surface area contributed by atoms with Gasteiger partial charge in [0.1, 0.15) is 5.60 Å². The number of hydrogen-bond donors (Lipinski definition) is 1. The molecule has 1 fully saturated rings. The highest BCUT2D eigenvalue weighted by atomic mass is 16.6. The summed E-state index contributed by atoms with van der Waals surface area (Å²) in [7, 11) is 0. The standard InChI is InChI=1S/C24H29NO4/c1-24(2,3)29-23(28)25-15-6-4-5-10-21(25)20-9-7-8-19(16-20)17-11-13-18(14-12-17)22(26)27/h7-9,11-14,16,21H,4-6,10,15H2,1-3H3,(H,26,27)/t21-/m0/s1. The van der Waals surface area contributed by atoms with Gasteiger partial charge < -0.3 is 14.7 Å². The number of carboxylic acid groups (broad SMARTS) is 1. The molecule has 0 radical (unpaired) electrons. The molecule has 0 aliphatic carbocycles. The van der Waals surface area contributed by atoms with Crippen molar-refractivity contribution in [2.75, 3.05) is 6.54 Å². The Morgan fingerprint density at radius 1 is 1.00 bits per heavy atom. The fraction of sp³-hybridized carbons (Fsp3) is 0.417. The van der Waals surface area contributed by atoms with Crippen molar-refractivity contribution in [3.05, 3.63) is 59.7 Å². The van der Waals surface area contributed by atoms with Crippen LogP contribution in [0.4, 0.5) is 4.79 Å². The van der Waals surface area contributed by atoms with Crippen molar-refractivity contribution >= 4 is 12.1 Å². The fourth-order valence-corrected chi connectivity index (χ4v) is 3.72. The number of carbonyl (C=O) groups excluding carboxylic acids is 1. The summed E-state index contributed by atoms with van der Waals surface area (Å²) in [6.45, 7) is 6.36. The third kappa shape index (κ3) is 5.37. The largest absolute Gasteiger partial charge is 0.478 e. The average Bonchev–Trinajstić information content (AvgIpc) is 2.93. The molecule has 1 heterocycles. The molecule has 0 bridgehead atoms. The summed E-state index contributed by atoms with van der Waals surface area (Å²) < 4.78 is 5.67. The molecule has 0 unspecified atom stereocenters. The topological polar surface area (TPSA) is 66.8 Å². The van der Waals surface area contributed by atoms with Crippen molar-refractivity contribution in [3.8, 4) is 11.1 Å². The van der Waals surface area contributed by atoms with Crippen LogP contribution in [0.5, 0.6) is 0 Å². The summed E-state index contributed by atoms with van der Waals surface area (Å²) in [5.41, 5.74) is 2.78. The normalized spacial score (nSPS) is 17.5. The molecule has 0 spiro atoms. The third-order valence-corrected chi connectivity index (χ3v) is 5.12. The predicted octanol–water partition coefficient (Wildman–Crippen LogP) is 5.90. The first kappa shape index (κ1) is 20.9. The van der Waals surface area contributed by atoms with Gasteiger partial charge in [0.15, 0.2) is 0 Å². The molecule has 1 aliphatic heterocycles. The number of rotatable bonds is 3. The van der Waals surface area contributed by atoms with E-state index in [1.54, 1.807) is 12.1 Å². The van der Waals surface area contributed by atoms with Gasteiger partial charge in [-0.25, -0.2) is 9.59 Å². The number of nitrogens with zero attached hydrogens (tertiary/aromatic N) is 1. The maximum absolute atomic E-state index is 12.9. The molecule has 5 heteroatoms.